The van der Waals surface area contributed by atoms with Crippen molar-refractivity contribution >= 4 is 34.2 Å². The summed E-state index contributed by atoms with van der Waals surface area (Å²) in [6.45, 7) is 2.19. The Balaban J connectivity index is 1.79. The number of rotatable bonds is 3. The highest BCUT2D eigenvalue weighted by molar-refractivity contribution is 14.1. The summed E-state index contributed by atoms with van der Waals surface area (Å²) in [6, 6.07) is 7.38. The second-order valence-corrected chi connectivity index (χ2v) is 7.41. The molecule has 6 nitrogen and oxygen atoms in total. The SMILES string of the molecule is COc1cc(I)c2c(c1)CC(C)N2C(=O)c1cc2c(cc1OC)OCO2. The summed E-state index contributed by atoms with van der Waals surface area (Å²) in [6.07, 6.45) is 0.779. The van der Waals surface area contributed by atoms with Gasteiger partial charge in [0.05, 0.1) is 25.5 Å². The van der Waals surface area contributed by atoms with Gasteiger partial charge in [-0.1, -0.05) is 0 Å². The van der Waals surface area contributed by atoms with Crippen LogP contribution in [0.4, 0.5) is 5.69 Å². The van der Waals surface area contributed by atoms with Gasteiger partial charge in [-0.05, 0) is 53.6 Å². The number of benzene rings is 2. The maximum absolute atomic E-state index is 13.4. The van der Waals surface area contributed by atoms with E-state index in [0.717, 1.165) is 27.0 Å². The minimum Gasteiger partial charge on any atom is -0.497 e. The number of halogens is 1. The second-order valence-electron chi connectivity index (χ2n) is 6.25. The standard InChI is InChI=1S/C19H18INO5/c1-10-4-11-5-12(23-2)6-14(20)18(11)21(10)19(22)13-7-16-17(26-9-25-16)8-15(13)24-3/h5-8,10H,4,9H2,1-3H3. The van der Waals surface area contributed by atoms with Crippen LogP contribution in [-0.2, 0) is 6.42 Å². The van der Waals surface area contributed by atoms with Crippen molar-refractivity contribution in [2.24, 2.45) is 0 Å². The molecule has 0 N–H and O–H groups in total. The average molecular weight is 467 g/mol. The molecule has 0 spiro atoms. The van der Waals surface area contributed by atoms with Gasteiger partial charge >= 0.3 is 0 Å². The quantitative estimate of drug-likeness (QED) is 0.646. The van der Waals surface area contributed by atoms with Gasteiger partial charge < -0.3 is 23.8 Å². The third-order valence-electron chi connectivity index (χ3n) is 4.69. The van der Waals surface area contributed by atoms with Crippen LogP contribution in [0.3, 0.4) is 0 Å². The van der Waals surface area contributed by atoms with Crippen molar-refractivity contribution in [3.63, 3.8) is 0 Å². The van der Waals surface area contributed by atoms with Crippen molar-refractivity contribution in [2.75, 3.05) is 25.9 Å². The zero-order valence-electron chi connectivity index (χ0n) is 14.7. The fourth-order valence-corrected chi connectivity index (χ4v) is 4.41. The molecule has 26 heavy (non-hydrogen) atoms. The Morgan fingerprint density at radius 1 is 1.15 bits per heavy atom. The Bertz CT molecular complexity index is 898. The molecule has 1 amide bonds. The van der Waals surface area contributed by atoms with Crippen LogP contribution in [0, 0.1) is 3.57 Å². The topological polar surface area (TPSA) is 57.2 Å². The molecule has 0 bridgehead atoms. The summed E-state index contributed by atoms with van der Waals surface area (Å²) in [5.41, 5.74) is 2.50. The van der Waals surface area contributed by atoms with Crippen molar-refractivity contribution in [3.05, 3.63) is 39.0 Å². The number of carbonyl (C=O) groups is 1. The Hall–Kier alpha value is -2.16. The lowest BCUT2D eigenvalue weighted by atomic mass is 10.1. The van der Waals surface area contributed by atoms with Crippen LogP contribution in [0.5, 0.6) is 23.0 Å². The van der Waals surface area contributed by atoms with Gasteiger partial charge in [0.1, 0.15) is 11.5 Å². The molecule has 0 saturated heterocycles. The molecule has 1 atom stereocenters. The lowest BCUT2D eigenvalue weighted by Gasteiger charge is -2.25. The maximum atomic E-state index is 13.4. The number of hydrogen-bond donors (Lipinski definition) is 0. The highest BCUT2D eigenvalue weighted by Crippen LogP contribution is 2.43. The van der Waals surface area contributed by atoms with Gasteiger partial charge in [-0.2, -0.15) is 0 Å². The van der Waals surface area contributed by atoms with Gasteiger partial charge in [-0.3, -0.25) is 4.79 Å². The third-order valence-corrected chi connectivity index (χ3v) is 5.51. The number of carbonyl (C=O) groups excluding carboxylic acids is 1. The molecule has 2 aliphatic rings. The number of nitrogens with zero attached hydrogens (tertiary/aromatic N) is 1. The van der Waals surface area contributed by atoms with Crippen molar-refractivity contribution in [2.45, 2.75) is 19.4 Å². The van der Waals surface area contributed by atoms with Crippen LogP contribution in [0.15, 0.2) is 24.3 Å². The molecule has 2 aromatic rings. The molecule has 2 aromatic carbocycles. The van der Waals surface area contributed by atoms with Crippen molar-refractivity contribution < 1.29 is 23.7 Å². The minimum atomic E-state index is -0.116. The van der Waals surface area contributed by atoms with E-state index in [1.165, 1.54) is 0 Å². The lowest BCUT2D eigenvalue weighted by Crippen LogP contribution is -2.36. The number of ether oxygens (including phenoxy) is 4. The van der Waals surface area contributed by atoms with Gasteiger partial charge in [0, 0.05) is 21.7 Å². The second kappa shape index (κ2) is 6.53. The summed E-state index contributed by atoms with van der Waals surface area (Å²) < 4.78 is 22.6. The molecule has 0 aliphatic carbocycles. The molecule has 0 radical (unpaired) electrons. The van der Waals surface area contributed by atoms with Crippen LogP contribution in [0.2, 0.25) is 0 Å². The van der Waals surface area contributed by atoms with Gasteiger partial charge in [-0.25, -0.2) is 0 Å². The molecular formula is C19H18INO5. The molecule has 0 aromatic heterocycles. The van der Waals surface area contributed by atoms with Gasteiger partial charge in [0.15, 0.2) is 11.5 Å². The van der Waals surface area contributed by atoms with Crippen LogP contribution in [0.1, 0.15) is 22.8 Å². The first-order valence-corrected chi connectivity index (χ1v) is 9.29. The number of hydrogen-bond acceptors (Lipinski definition) is 5. The molecule has 0 saturated carbocycles. The first kappa shape index (κ1) is 17.3. The smallest absolute Gasteiger partial charge is 0.262 e. The highest BCUT2D eigenvalue weighted by atomic mass is 127. The van der Waals surface area contributed by atoms with E-state index in [-0.39, 0.29) is 18.7 Å². The third kappa shape index (κ3) is 2.65. The van der Waals surface area contributed by atoms with E-state index in [9.17, 15) is 4.79 Å². The molecular weight excluding hydrogens is 449 g/mol. The average Bonchev–Trinajstić information content (AvgIpc) is 3.22. The normalized spacial score (nSPS) is 17.2. The van der Waals surface area contributed by atoms with Gasteiger partial charge in [-0.15, -0.1) is 0 Å². The van der Waals surface area contributed by atoms with E-state index in [2.05, 4.69) is 22.6 Å². The van der Waals surface area contributed by atoms with E-state index < -0.39 is 0 Å². The molecule has 7 heteroatoms. The number of methoxy groups -OCH3 is 2. The maximum Gasteiger partial charge on any atom is 0.262 e. The Morgan fingerprint density at radius 2 is 1.88 bits per heavy atom. The van der Waals surface area contributed by atoms with Crippen molar-refractivity contribution in [1.29, 1.82) is 0 Å². The molecule has 2 heterocycles. The number of fused-ring (bicyclic) bond motifs is 2. The van der Waals surface area contributed by atoms with Crippen molar-refractivity contribution in [1.82, 2.24) is 0 Å². The van der Waals surface area contributed by atoms with Crippen LogP contribution in [0.25, 0.3) is 0 Å². The first-order chi connectivity index (χ1) is 12.5. The summed E-state index contributed by atoms with van der Waals surface area (Å²) >= 11 is 2.25. The molecule has 4 rings (SSSR count). The van der Waals surface area contributed by atoms with Crippen LogP contribution < -0.4 is 23.8 Å². The predicted molar refractivity (Wildman–Crippen MR) is 105 cm³/mol. The molecule has 0 fully saturated rings. The highest BCUT2D eigenvalue weighted by Gasteiger charge is 2.36. The summed E-state index contributed by atoms with van der Waals surface area (Å²) in [5.74, 6) is 2.31. The minimum absolute atomic E-state index is 0.0354. The Morgan fingerprint density at radius 3 is 2.58 bits per heavy atom. The number of anilines is 1. The summed E-state index contributed by atoms with van der Waals surface area (Å²) in [5, 5.41) is 0. The van der Waals surface area contributed by atoms with E-state index in [1.54, 1.807) is 26.4 Å². The van der Waals surface area contributed by atoms with Crippen LogP contribution in [-0.4, -0.2) is 33.0 Å². The van der Waals surface area contributed by atoms with Gasteiger partial charge in [0.25, 0.3) is 5.91 Å². The zero-order valence-corrected chi connectivity index (χ0v) is 16.8. The molecule has 136 valence electrons. The lowest BCUT2D eigenvalue weighted by molar-refractivity contribution is 0.0978. The van der Waals surface area contributed by atoms with Crippen molar-refractivity contribution in [3.8, 4) is 23.0 Å². The predicted octanol–water partition coefficient (Wildman–Crippen LogP) is 3.63. The van der Waals surface area contributed by atoms with Gasteiger partial charge in [0.2, 0.25) is 6.79 Å². The van der Waals surface area contributed by atoms with E-state index in [1.807, 2.05) is 24.0 Å². The van der Waals surface area contributed by atoms with E-state index >= 15 is 0 Å². The number of amides is 1. The van der Waals surface area contributed by atoms with Crippen LogP contribution >= 0.6 is 22.6 Å². The molecule has 2 aliphatic heterocycles. The largest absolute Gasteiger partial charge is 0.497 e. The first-order valence-electron chi connectivity index (χ1n) is 8.21. The van der Waals surface area contributed by atoms with E-state index in [4.69, 9.17) is 18.9 Å². The fraction of sp³-hybridized carbons (Fsp3) is 0.316. The summed E-state index contributed by atoms with van der Waals surface area (Å²) in [7, 11) is 3.20. The zero-order chi connectivity index (χ0) is 18.4. The Labute approximate surface area is 165 Å². The monoisotopic (exact) mass is 467 g/mol. The molecule has 1 unspecified atom stereocenters. The van der Waals surface area contributed by atoms with E-state index in [0.29, 0.717) is 22.8 Å². The summed E-state index contributed by atoms with van der Waals surface area (Å²) in [4.78, 5) is 15.3. The Kier molecular flexibility index (Phi) is 4.34. The fourth-order valence-electron chi connectivity index (χ4n) is 3.49.